The monoisotopic (exact) mass is 259 g/mol. The number of amides is 1. The van der Waals surface area contributed by atoms with Crippen molar-refractivity contribution in [2.75, 3.05) is 25.0 Å². The Morgan fingerprint density at radius 3 is 2.61 bits per heavy atom. The maximum atomic E-state index is 13.2. The van der Waals surface area contributed by atoms with Crippen LogP contribution < -0.4 is 5.32 Å². The number of rotatable bonds is 3. The van der Waals surface area contributed by atoms with Gasteiger partial charge in [-0.1, -0.05) is 0 Å². The zero-order chi connectivity index (χ0) is 13.1. The average molecular weight is 259 g/mol. The molecule has 0 spiro atoms. The van der Waals surface area contributed by atoms with Gasteiger partial charge in [0.1, 0.15) is 0 Å². The summed E-state index contributed by atoms with van der Waals surface area (Å²) >= 11 is 0. The van der Waals surface area contributed by atoms with E-state index in [9.17, 15) is 18.0 Å². The second kappa shape index (κ2) is 5.24. The zero-order valence-electron chi connectivity index (χ0n) is 9.55. The lowest BCUT2D eigenvalue weighted by Crippen LogP contribution is -2.33. The van der Waals surface area contributed by atoms with E-state index in [0.29, 0.717) is 19.2 Å². The number of aromatic nitrogens is 1. The largest absolute Gasteiger partial charge is 0.358 e. The minimum atomic E-state index is -1.40. The number of hydrogen-bond acceptors (Lipinski definition) is 3. The quantitative estimate of drug-likeness (QED) is 0.837. The molecule has 4 nitrogen and oxygen atoms in total. The fourth-order valence-electron chi connectivity index (χ4n) is 1.81. The highest BCUT2D eigenvalue weighted by atomic mass is 19.2. The number of halogens is 3. The van der Waals surface area contributed by atoms with Crippen molar-refractivity contribution in [3.05, 3.63) is 23.6 Å². The van der Waals surface area contributed by atoms with E-state index in [1.165, 1.54) is 0 Å². The third kappa shape index (κ3) is 2.72. The van der Waals surface area contributed by atoms with Crippen molar-refractivity contribution in [3.8, 4) is 0 Å². The molecule has 1 amide bonds. The zero-order valence-corrected chi connectivity index (χ0v) is 9.55. The summed E-state index contributed by atoms with van der Waals surface area (Å²) in [5, 5.41) is 2.37. The first-order valence-electron chi connectivity index (χ1n) is 5.61. The lowest BCUT2D eigenvalue weighted by Gasteiger charge is -2.15. The summed E-state index contributed by atoms with van der Waals surface area (Å²) < 4.78 is 38.6. The van der Waals surface area contributed by atoms with Crippen LogP contribution in [0, 0.1) is 17.6 Å². The summed E-state index contributed by atoms with van der Waals surface area (Å²) in [6, 6.07) is 0.394. The van der Waals surface area contributed by atoms with E-state index < -0.39 is 23.4 Å². The third-order valence-electron chi connectivity index (χ3n) is 2.75. The van der Waals surface area contributed by atoms with E-state index in [2.05, 4.69) is 10.3 Å². The van der Waals surface area contributed by atoms with Gasteiger partial charge in [0.25, 0.3) is 5.95 Å². The molecular formula is C11H12F3N3O. The molecule has 1 fully saturated rings. The van der Waals surface area contributed by atoms with Crippen molar-refractivity contribution < 1.29 is 18.0 Å². The maximum absolute atomic E-state index is 13.2. The van der Waals surface area contributed by atoms with Crippen molar-refractivity contribution in [3.63, 3.8) is 0 Å². The Morgan fingerprint density at radius 2 is 1.94 bits per heavy atom. The Morgan fingerprint density at radius 1 is 1.28 bits per heavy atom. The van der Waals surface area contributed by atoms with Crippen LogP contribution >= 0.6 is 0 Å². The molecule has 2 heterocycles. The number of pyridine rings is 1. The number of likely N-dealkylation sites (tertiary alicyclic amines) is 1. The first-order chi connectivity index (χ1) is 8.58. The summed E-state index contributed by atoms with van der Waals surface area (Å²) in [4.78, 5) is 16.3. The first-order valence-corrected chi connectivity index (χ1v) is 5.61. The fourth-order valence-corrected chi connectivity index (χ4v) is 1.81. The number of hydrogen-bond donors (Lipinski definition) is 1. The summed E-state index contributed by atoms with van der Waals surface area (Å²) in [6.45, 7) is 1.16. The molecule has 0 saturated carbocycles. The van der Waals surface area contributed by atoms with Crippen LogP contribution in [0.3, 0.4) is 0 Å². The van der Waals surface area contributed by atoms with Crippen LogP contribution in [0.25, 0.3) is 0 Å². The maximum Gasteiger partial charge on any atom is 0.251 e. The molecule has 0 aromatic carbocycles. The van der Waals surface area contributed by atoms with Gasteiger partial charge in [0, 0.05) is 19.2 Å². The molecular weight excluding hydrogens is 247 g/mol. The lowest BCUT2D eigenvalue weighted by molar-refractivity contribution is -0.128. The molecule has 0 aliphatic carbocycles. The van der Waals surface area contributed by atoms with E-state index >= 15 is 0 Å². The Hall–Kier alpha value is -1.79. The molecule has 1 N–H and O–H groups in total. The topological polar surface area (TPSA) is 45.2 Å². The molecule has 1 aliphatic rings. The lowest BCUT2D eigenvalue weighted by atomic mass is 10.4. The SMILES string of the molecule is O=C(CNc1nc(F)c(F)cc1F)N1CCCC1. The molecule has 0 bridgehead atoms. The van der Waals surface area contributed by atoms with E-state index in [4.69, 9.17) is 0 Å². The summed E-state index contributed by atoms with van der Waals surface area (Å²) in [5.41, 5.74) is 0. The van der Waals surface area contributed by atoms with Gasteiger partial charge in [0.15, 0.2) is 17.5 Å². The predicted molar refractivity (Wildman–Crippen MR) is 58.4 cm³/mol. The Labute approximate surface area is 102 Å². The Bertz CT molecular complexity index is 461. The molecule has 0 radical (unpaired) electrons. The van der Waals surface area contributed by atoms with E-state index in [1.807, 2.05) is 0 Å². The molecule has 1 aliphatic heterocycles. The number of nitrogens with zero attached hydrogens (tertiary/aromatic N) is 2. The second-order valence-electron chi connectivity index (χ2n) is 4.03. The smallest absolute Gasteiger partial charge is 0.251 e. The summed E-state index contributed by atoms with van der Waals surface area (Å²) in [5.74, 6) is -4.44. The predicted octanol–water partition coefficient (Wildman–Crippen LogP) is 1.53. The average Bonchev–Trinajstić information content (AvgIpc) is 2.85. The van der Waals surface area contributed by atoms with Gasteiger partial charge in [-0.05, 0) is 12.8 Å². The highest BCUT2D eigenvalue weighted by Gasteiger charge is 2.18. The Balaban J connectivity index is 1.97. The minimum absolute atomic E-state index is 0.186. The van der Waals surface area contributed by atoms with Crippen molar-refractivity contribution in [2.24, 2.45) is 0 Å². The molecule has 1 aromatic heterocycles. The van der Waals surface area contributed by atoms with E-state index in [-0.39, 0.29) is 12.5 Å². The van der Waals surface area contributed by atoms with Crippen LogP contribution in [0.1, 0.15) is 12.8 Å². The number of nitrogens with one attached hydrogen (secondary N) is 1. The van der Waals surface area contributed by atoms with Crippen LogP contribution in [-0.4, -0.2) is 35.4 Å². The van der Waals surface area contributed by atoms with Crippen LogP contribution in [0.4, 0.5) is 19.0 Å². The number of anilines is 1. The summed E-state index contributed by atoms with van der Waals surface area (Å²) in [6.07, 6.45) is 1.90. The van der Waals surface area contributed by atoms with Gasteiger partial charge in [-0.2, -0.15) is 9.37 Å². The van der Waals surface area contributed by atoms with Crippen molar-refractivity contribution in [2.45, 2.75) is 12.8 Å². The standard InChI is InChI=1S/C11H12F3N3O/c12-7-5-8(13)11(16-10(7)14)15-6-9(18)17-3-1-2-4-17/h5H,1-4,6H2,(H,15,16). The highest BCUT2D eigenvalue weighted by Crippen LogP contribution is 2.14. The van der Waals surface area contributed by atoms with Crippen molar-refractivity contribution in [1.82, 2.24) is 9.88 Å². The molecule has 18 heavy (non-hydrogen) atoms. The second-order valence-corrected chi connectivity index (χ2v) is 4.03. The molecule has 1 aromatic rings. The van der Waals surface area contributed by atoms with Crippen LogP contribution in [0.15, 0.2) is 6.07 Å². The van der Waals surface area contributed by atoms with Gasteiger partial charge in [-0.25, -0.2) is 8.78 Å². The number of carbonyl (C=O) groups excluding carboxylic acids is 1. The van der Waals surface area contributed by atoms with E-state index in [0.717, 1.165) is 12.8 Å². The normalized spacial score (nSPS) is 14.9. The van der Waals surface area contributed by atoms with Crippen LogP contribution in [0.2, 0.25) is 0 Å². The molecule has 1 saturated heterocycles. The van der Waals surface area contributed by atoms with Crippen LogP contribution in [-0.2, 0) is 4.79 Å². The molecule has 7 heteroatoms. The van der Waals surface area contributed by atoms with Gasteiger partial charge >= 0.3 is 0 Å². The van der Waals surface area contributed by atoms with Gasteiger partial charge in [-0.3, -0.25) is 4.79 Å². The molecule has 0 atom stereocenters. The van der Waals surface area contributed by atoms with Gasteiger partial charge in [-0.15, -0.1) is 0 Å². The van der Waals surface area contributed by atoms with Crippen LogP contribution in [0.5, 0.6) is 0 Å². The van der Waals surface area contributed by atoms with Crippen molar-refractivity contribution >= 4 is 11.7 Å². The first kappa shape index (κ1) is 12.7. The molecule has 2 rings (SSSR count). The molecule has 0 unspecified atom stereocenters. The van der Waals surface area contributed by atoms with Crippen molar-refractivity contribution in [1.29, 1.82) is 0 Å². The highest BCUT2D eigenvalue weighted by molar-refractivity contribution is 5.80. The van der Waals surface area contributed by atoms with Gasteiger partial charge in [0.05, 0.1) is 6.54 Å². The van der Waals surface area contributed by atoms with E-state index in [1.54, 1.807) is 4.90 Å². The van der Waals surface area contributed by atoms with Gasteiger partial charge in [0.2, 0.25) is 5.91 Å². The summed E-state index contributed by atoms with van der Waals surface area (Å²) in [7, 11) is 0. The minimum Gasteiger partial charge on any atom is -0.358 e. The number of carbonyl (C=O) groups is 1. The Kier molecular flexibility index (Phi) is 3.69. The van der Waals surface area contributed by atoms with Gasteiger partial charge < -0.3 is 10.2 Å². The molecule has 98 valence electrons. The third-order valence-corrected chi connectivity index (χ3v) is 2.75. The fraction of sp³-hybridized carbons (Fsp3) is 0.455.